The molecule has 1 unspecified atom stereocenters. The van der Waals surface area contributed by atoms with Crippen molar-refractivity contribution in [2.45, 2.75) is 19.4 Å². The van der Waals surface area contributed by atoms with Gasteiger partial charge < -0.3 is 9.64 Å². The van der Waals surface area contributed by atoms with E-state index in [1.807, 2.05) is 66.4 Å². The highest BCUT2D eigenvalue weighted by molar-refractivity contribution is 6.31. The first-order valence-electron chi connectivity index (χ1n) is 9.77. The van der Waals surface area contributed by atoms with Gasteiger partial charge in [-0.25, -0.2) is 0 Å². The van der Waals surface area contributed by atoms with E-state index < -0.39 is 0 Å². The number of amides is 1. The number of carbonyl (C=O) groups excluding carboxylic acids is 1. The molecule has 29 heavy (non-hydrogen) atoms. The first kappa shape index (κ1) is 19.6. The molecule has 5 heteroatoms. The van der Waals surface area contributed by atoms with E-state index >= 15 is 0 Å². The Bertz CT molecular complexity index is 1010. The maximum atomic E-state index is 12.8. The van der Waals surface area contributed by atoms with Crippen molar-refractivity contribution in [3.63, 3.8) is 0 Å². The van der Waals surface area contributed by atoms with Gasteiger partial charge in [0, 0.05) is 22.8 Å². The van der Waals surface area contributed by atoms with Gasteiger partial charge in [0.05, 0.1) is 18.8 Å². The minimum Gasteiger partial charge on any atom is -0.368 e. The predicted octanol–water partition coefficient (Wildman–Crippen LogP) is 4.85. The zero-order valence-electron chi connectivity index (χ0n) is 16.3. The number of hydrogen-bond acceptors (Lipinski definition) is 3. The number of hydrogen-bond donors (Lipinski definition) is 0. The summed E-state index contributed by atoms with van der Waals surface area (Å²) >= 11 is 6.33. The second kappa shape index (κ2) is 8.76. The Morgan fingerprint density at radius 3 is 2.69 bits per heavy atom. The quantitative estimate of drug-likeness (QED) is 0.622. The van der Waals surface area contributed by atoms with E-state index in [0.717, 1.165) is 34.0 Å². The molecular weight excluding hydrogens is 384 g/mol. The molecule has 1 aliphatic rings. The molecule has 1 aliphatic heterocycles. The van der Waals surface area contributed by atoms with Crippen LogP contribution in [0.5, 0.6) is 0 Å². The molecule has 1 aromatic heterocycles. The topological polar surface area (TPSA) is 42.4 Å². The number of pyridine rings is 1. The molecule has 1 amide bonds. The monoisotopic (exact) mass is 406 g/mol. The van der Waals surface area contributed by atoms with Gasteiger partial charge in [0.1, 0.15) is 6.10 Å². The number of halogens is 1. The van der Waals surface area contributed by atoms with E-state index in [-0.39, 0.29) is 12.0 Å². The summed E-state index contributed by atoms with van der Waals surface area (Å²) in [4.78, 5) is 19.4. The van der Waals surface area contributed by atoms with E-state index in [9.17, 15) is 4.79 Å². The van der Waals surface area contributed by atoms with Crippen LogP contribution in [-0.2, 0) is 11.2 Å². The summed E-state index contributed by atoms with van der Waals surface area (Å²) in [5.74, 6) is 0.0304. The first-order chi connectivity index (χ1) is 14.1. The molecule has 148 valence electrons. The number of ether oxygens (including phenoxy) is 1. The summed E-state index contributed by atoms with van der Waals surface area (Å²) in [5.41, 5.74) is 4.70. The van der Waals surface area contributed by atoms with Gasteiger partial charge >= 0.3 is 0 Å². The van der Waals surface area contributed by atoms with Crippen molar-refractivity contribution < 1.29 is 9.53 Å². The van der Waals surface area contributed by atoms with Crippen molar-refractivity contribution in [3.05, 3.63) is 99.8 Å². The largest absolute Gasteiger partial charge is 0.368 e. The molecular formula is C24H23ClN2O2. The highest BCUT2D eigenvalue weighted by Crippen LogP contribution is 2.25. The third kappa shape index (κ3) is 4.66. The van der Waals surface area contributed by atoms with Gasteiger partial charge in [0.25, 0.3) is 5.91 Å². The van der Waals surface area contributed by atoms with Crippen LogP contribution in [-0.4, -0.2) is 35.5 Å². The normalized spacial score (nSPS) is 16.6. The van der Waals surface area contributed by atoms with E-state index in [2.05, 4.69) is 12.1 Å². The van der Waals surface area contributed by atoms with Crippen LogP contribution in [0.25, 0.3) is 0 Å². The van der Waals surface area contributed by atoms with Crippen molar-refractivity contribution in [1.29, 1.82) is 0 Å². The van der Waals surface area contributed by atoms with E-state index in [4.69, 9.17) is 21.3 Å². The van der Waals surface area contributed by atoms with Crippen molar-refractivity contribution in [1.82, 2.24) is 9.88 Å². The summed E-state index contributed by atoms with van der Waals surface area (Å²) in [5, 5.41) is 0.761. The van der Waals surface area contributed by atoms with E-state index in [1.54, 1.807) is 0 Å². The minimum absolute atomic E-state index is 0.0304. The van der Waals surface area contributed by atoms with Gasteiger partial charge in [-0.15, -0.1) is 0 Å². The molecule has 2 heterocycles. The molecule has 0 spiro atoms. The molecule has 0 saturated carbocycles. The van der Waals surface area contributed by atoms with Crippen molar-refractivity contribution >= 4 is 17.5 Å². The molecule has 1 atom stereocenters. The summed E-state index contributed by atoms with van der Waals surface area (Å²) in [7, 11) is 0. The zero-order chi connectivity index (χ0) is 20.2. The lowest BCUT2D eigenvalue weighted by Crippen LogP contribution is -2.42. The zero-order valence-corrected chi connectivity index (χ0v) is 17.1. The maximum absolute atomic E-state index is 12.8. The fourth-order valence-electron chi connectivity index (χ4n) is 3.67. The Labute approximate surface area is 176 Å². The van der Waals surface area contributed by atoms with Crippen molar-refractivity contribution in [3.8, 4) is 0 Å². The van der Waals surface area contributed by atoms with Crippen LogP contribution < -0.4 is 0 Å². The van der Waals surface area contributed by atoms with Crippen LogP contribution in [0.2, 0.25) is 5.02 Å². The second-order valence-corrected chi connectivity index (χ2v) is 7.69. The van der Waals surface area contributed by atoms with Gasteiger partial charge in [-0.2, -0.15) is 0 Å². The summed E-state index contributed by atoms with van der Waals surface area (Å²) in [6.07, 6.45) is 0.497. The smallest absolute Gasteiger partial charge is 0.254 e. The van der Waals surface area contributed by atoms with Gasteiger partial charge in [-0.1, -0.05) is 48.0 Å². The summed E-state index contributed by atoms with van der Waals surface area (Å²) in [6.45, 7) is 3.56. The molecule has 0 N–H and O–H groups in total. The van der Waals surface area contributed by atoms with Crippen molar-refractivity contribution in [2.75, 3.05) is 19.7 Å². The highest BCUT2D eigenvalue weighted by atomic mass is 35.5. The SMILES string of the molecule is Cc1cc(Cc2ccccc2Cl)cc(C2CN(C(=O)c3ccccc3)CCO2)n1. The Balaban J connectivity index is 1.54. The number of nitrogens with zero attached hydrogens (tertiary/aromatic N) is 2. The van der Waals surface area contributed by atoms with Crippen LogP contribution in [0.3, 0.4) is 0 Å². The summed E-state index contributed by atoms with van der Waals surface area (Å²) < 4.78 is 5.98. The highest BCUT2D eigenvalue weighted by Gasteiger charge is 2.27. The molecule has 0 radical (unpaired) electrons. The van der Waals surface area contributed by atoms with Crippen LogP contribution in [0.15, 0.2) is 66.7 Å². The standard InChI is InChI=1S/C24H23ClN2O2/c1-17-13-18(14-20-9-5-6-10-21(20)25)15-22(26-17)23-16-27(11-12-29-23)24(28)19-7-3-2-4-8-19/h2-10,13,15,23H,11-12,14,16H2,1H3. The average Bonchev–Trinajstić information content (AvgIpc) is 2.75. The van der Waals surface area contributed by atoms with Gasteiger partial charge in [0.2, 0.25) is 0 Å². The molecule has 0 bridgehead atoms. The predicted molar refractivity (Wildman–Crippen MR) is 114 cm³/mol. The summed E-state index contributed by atoms with van der Waals surface area (Å²) in [6, 6.07) is 21.4. The number of morpholine rings is 1. The maximum Gasteiger partial charge on any atom is 0.254 e. The fraction of sp³-hybridized carbons (Fsp3) is 0.250. The van der Waals surface area contributed by atoms with Crippen molar-refractivity contribution in [2.24, 2.45) is 0 Å². The number of benzene rings is 2. The van der Waals surface area contributed by atoms with E-state index in [0.29, 0.717) is 25.3 Å². The second-order valence-electron chi connectivity index (χ2n) is 7.29. The molecule has 4 rings (SSSR count). The Morgan fingerprint density at radius 2 is 1.90 bits per heavy atom. The van der Waals surface area contributed by atoms with Gasteiger partial charge in [-0.3, -0.25) is 9.78 Å². The lowest BCUT2D eigenvalue weighted by molar-refractivity contribution is -0.0248. The molecule has 1 saturated heterocycles. The molecule has 3 aromatic rings. The molecule has 0 aliphatic carbocycles. The lowest BCUT2D eigenvalue weighted by Gasteiger charge is -2.33. The minimum atomic E-state index is -0.235. The van der Waals surface area contributed by atoms with Crippen LogP contribution in [0, 0.1) is 6.92 Å². The fourth-order valence-corrected chi connectivity index (χ4v) is 3.88. The Kier molecular flexibility index (Phi) is 5.93. The van der Waals surface area contributed by atoms with Gasteiger partial charge in [-0.05, 0) is 54.8 Å². The number of aromatic nitrogens is 1. The van der Waals surface area contributed by atoms with Crippen LogP contribution in [0.4, 0.5) is 0 Å². The van der Waals surface area contributed by atoms with Crippen LogP contribution in [0.1, 0.15) is 39.0 Å². The first-order valence-corrected chi connectivity index (χ1v) is 10.1. The lowest BCUT2D eigenvalue weighted by atomic mass is 10.0. The molecule has 4 nitrogen and oxygen atoms in total. The Hall–Kier alpha value is -2.69. The van der Waals surface area contributed by atoms with E-state index in [1.165, 1.54) is 0 Å². The molecule has 2 aromatic carbocycles. The number of aryl methyl sites for hydroxylation is 1. The van der Waals surface area contributed by atoms with Gasteiger partial charge in [0.15, 0.2) is 0 Å². The third-order valence-electron chi connectivity index (χ3n) is 5.09. The number of rotatable bonds is 4. The average molecular weight is 407 g/mol. The third-order valence-corrected chi connectivity index (χ3v) is 5.46. The molecule has 1 fully saturated rings. The number of carbonyl (C=O) groups is 1. The Morgan fingerprint density at radius 1 is 1.14 bits per heavy atom. The van der Waals surface area contributed by atoms with Crippen LogP contribution >= 0.6 is 11.6 Å².